The SMILES string of the molecule is O=C(NCCSCc1ccccc1F)c1ccc2c(=O)n3c(nc2c1)CCCCCC3. The number of carbonyl (C=O) groups is 1. The van der Waals surface area contributed by atoms with Gasteiger partial charge in [-0.3, -0.25) is 14.2 Å². The van der Waals surface area contributed by atoms with Crippen molar-refractivity contribution in [2.75, 3.05) is 12.3 Å². The van der Waals surface area contributed by atoms with Gasteiger partial charge in [-0.05, 0) is 42.7 Å². The minimum Gasteiger partial charge on any atom is -0.351 e. The lowest BCUT2D eigenvalue weighted by Crippen LogP contribution is -2.28. The van der Waals surface area contributed by atoms with Gasteiger partial charge in [-0.15, -0.1) is 0 Å². The van der Waals surface area contributed by atoms with Gasteiger partial charge >= 0.3 is 0 Å². The number of nitrogens with zero attached hydrogens (tertiary/aromatic N) is 2. The predicted molar refractivity (Wildman–Crippen MR) is 123 cm³/mol. The Morgan fingerprint density at radius 1 is 1.13 bits per heavy atom. The number of fused-ring (bicyclic) bond motifs is 2. The fourth-order valence-electron chi connectivity index (χ4n) is 3.87. The smallest absolute Gasteiger partial charge is 0.261 e. The average Bonchev–Trinajstić information content (AvgIpc) is 2.75. The van der Waals surface area contributed by atoms with Gasteiger partial charge in [0.15, 0.2) is 0 Å². The molecule has 7 heteroatoms. The molecule has 0 radical (unpaired) electrons. The molecule has 2 heterocycles. The number of aromatic nitrogens is 2. The summed E-state index contributed by atoms with van der Waals surface area (Å²) < 4.78 is 15.4. The summed E-state index contributed by atoms with van der Waals surface area (Å²) in [7, 11) is 0. The van der Waals surface area contributed by atoms with E-state index in [9.17, 15) is 14.0 Å². The van der Waals surface area contributed by atoms with Gasteiger partial charge < -0.3 is 5.32 Å². The molecule has 0 saturated heterocycles. The molecule has 5 nitrogen and oxygen atoms in total. The maximum absolute atomic E-state index is 13.6. The summed E-state index contributed by atoms with van der Waals surface area (Å²) in [6.07, 6.45) is 5.12. The highest BCUT2D eigenvalue weighted by molar-refractivity contribution is 7.98. The van der Waals surface area contributed by atoms with Gasteiger partial charge in [0, 0.05) is 36.6 Å². The molecule has 4 rings (SSSR count). The molecule has 0 atom stereocenters. The number of hydrogen-bond donors (Lipinski definition) is 1. The third-order valence-electron chi connectivity index (χ3n) is 5.58. The second-order valence-corrected chi connectivity index (χ2v) is 8.89. The molecular formula is C24H26FN3O2S. The van der Waals surface area contributed by atoms with E-state index in [2.05, 4.69) is 5.32 Å². The molecule has 1 N–H and O–H groups in total. The fourth-order valence-corrected chi connectivity index (χ4v) is 4.72. The van der Waals surface area contributed by atoms with Gasteiger partial charge in [0.05, 0.1) is 10.9 Å². The van der Waals surface area contributed by atoms with E-state index in [0.29, 0.717) is 46.6 Å². The first-order valence-corrected chi connectivity index (χ1v) is 11.9. The lowest BCUT2D eigenvalue weighted by molar-refractivity contribution is 0.0956. The molecule has 0 unspecified atom stereocenters. The number of carbonyl (C=O) groups excluding carboxylic acids is 1. The quantitative estimate of drug-likeness (QED) is 0.581. The summed E-state index contributed by atoms with van der Waals surface area (Å²) in [6, 6.07) is 11.8. The zero-order valence-electron chi connectivity index (χ0n) is 17.4. The average molecular weight is 440 g/mol. The summed E-state index contributed by atoms with van der Waals surface area (Å²) in [5.74, 6) is 1.67. The molecule has 1 aliphatic heterocycles. The molecule has 3 aromatic rings. The van der Waals surface area contributed by atoms with E-state index in [4.69, 9.17) is 4.98 Å². The van der Waals surface area contributed by atoms with Crippen LogP contribution in [0.3, 0.4) is 0 Å². The molecule has 1 amide bonds. The normalized spacial score (nSPS) is 14.0. The minimum absolute atomic E-state index is 0.0154. The zero-order chi connectivity index (χ0) is 21.6. The third kappa shape index (κ3) is 5.15. The van der Waals surface area contributed by atoms with Crippen molar-refractivity contribution in [1.82, 2.24) is 14.9 Å². The second-order valence-electron chi connectivity index (χ2n) is 7.78. The maximum Gasteiger partial charge on any atom is 0.261 e. The molecule has 0 saturated carbocycles. The van der Waals surface area contributed by atoms with Crippen LogP contribution in [0.15, 0.2) is 47.3 Å². The first-order valence-electron chi connectivity index (χ1n) is 10.8. The Kier molecular flexibility index (Phi) is 7.02. The lowest BCUT2D eigenvalue weighted by Gasteiger charge is -2.16. The summed E-state index contributed by atoms with van der Waals surface area (Å²) >= 11 is 1.57. The molecule has 1 aliphatic rings. The molecule has 0 fully saturated rings. The molecule has 0 spiro atoms. The maximum atomic E-state index is 13.6. The van der Waals surface area contributed by atoms with Gasteiger partial charge in [0.2, 0.25) is 0 Å². The van der Waals surface area contributed by atoms with Crippen molar-refractivity contribution in [3.05, 3.63) is 75.6 Å². The Balaban J connectivity index is 1.39. The topological polar surface area (TPSA) is 64.0 Å². The van der Waals surface area contributed by atoms with Crippen molar-refractivity contribution in [3.63, 3.8) is 0 Å². The van der Waals surface area contributed by atoms with Crippen molar-refractivity contribution < 1.29 is 9.18 Å². The highest BCUT2D eigenvalue weighted by Crippen LogP contribution is 2.17. The number of hydrogen-bond acceptors (Lipinski definition) is 4. The minimum atomic E-state index is -0.202. The molecule has 0 bridgehead atoms. The lowest BCUT2D eigenvalue weighted by atomic mass is 10.1. The van der Waals surface area contributed by atoms with E-state index in [1.165, 1.54) is 6.07 Å². The zero-order valence-corrected chi connectivity index (χ0v) is 18.2. The Morgan fingerprint density at radius 2 is 1.97 bits per heavy atom. The largest absolute Gasteiger partial charge is 0.351 e. The number of thioether (sulfide) groups is 1. The summed E-state index contributed by atoms with van der Waals surface area (Å²) in [5.41, 5.74) is 1.73. The Hall–Kier alpha value is -2.67. The molecule has 0 aliphatic carbocycles. The van der Waals surface area contributed by atoms with Gasteiger partial charge in [-0.25, -0.2) is 9.37 Å². The van der Waals surface area contributed by atoms with Gasteiger partial charge in [0.1, 0.15) is 11.6 Å². The highest BCUT2D eigenvalue weighted by atomic mass is 32.2. The van der Waals surface area contributed by atoms with E-state index < -0.39 is 0 Å². The van der Waals surface area contributed by atoms with Crippen LogP contribution in [0.25, 0.3) is 10.9 Å². The second kappa shape index (κ2) is 10.1. The van der Waals surface area contributed by atoms with Crippen molar-refractivity contribution >= 4 is 28.6 Å². The third-order valence-corrected chi connectivity index (χ3v) is 6.58. The fraction of sp³-hybridized carbons (Fsp3) is 0.375. The summed E-state index contributed by atoms with van der Waals surface area (Å²) in [5, 5.41) is 3.45. The van der Waals surface area contributed by atoms with Crippen LogP contribution >= 0.6 is 11.8 Å². The molecule has 2 aromatic carbocycles. The number of halogens is 1. The van der Waals surface area contributed by atoms with Gasteiger partial charge in [-0.2, -0.15) is 11.8 Å². The van der Waals surface area contributed by atoms with Crippen molar-refractivity contribution in [2.45, 2.75) is 44.4 Å². The van der Waals surface area contributed by atoms with E-state index in [1.54, 1.807) is 46.7 Å². The van der Waals surface area contributed by atoms with Crippen LogP contribution in [0, 0.1) is 5.82 Å². The van der Waals surface area contributed by atoms with Crippen molar-refractivity contribution in [2.24, 2.45) is 0 Å². The Morgan fingerprint density at radius 3 is 2.84 bits per heavy atom. The number of amides is 1. The van der Waals surface area contributed by atoms with Crippen LogP contribution in [0.4, 0.5) is 4.39 Å². The van der Waals surface area contributed by atoms with Gasteiger partial charge in [-0.1, -0.05) is 31.0 Å². The summed E-state index contributed by atoms with van der Waals surface area (Å²) in [4.78, 5) is 30.2. The first-order chi connectivity index (χ1) is 15.1. The van der Waals surface area contributed by atoms with Crippen LogP contribution in [0.2, 0.25) is 0 Å². The Bertz CT molecular complexity index is 1150. The monoisotopic (exact) mass is 439 g/mol. The van der Waals surface area contributed by atoms with E-state index >= 15 is 0 Å². The van der Waals surface area contributed by atoms with Crippen LogP contribution < -0.4 is 10.9 Å². The van der Waals surface area contributed by atoms with E-state index in [1.807, 2.05) is 6.07 Å². The van der Waals surface area contributed by atoms with E-state index in [0.717, 1.165) is 37.9 Å². The highest BCUT2D eigenvalue weighted by Gasteiger charge is 2.15. The number of aryl methyl sites for hydroxylation is 1. The van der Waals surface area contributed by atoms with Gasteiger partial charge in [0.25, 0.3) is 11.5 Å². The first kappa shape index (κ1) is 21.6. The van der Waals surface area contributed by atoms with E-state index in [-0.39, 0.29) is 17.3 Å². The molecular weight excluding hydrogens is 413 g/mol. The Labute approximate surface area is 185 Å². The molecule has 162 valence electrons. The summed E-state index contributed by atoms with van der Waals surface area (Å²) in [6.45, 7) is 1.19. The standard InChI is InChI=1S/C24H26FN3O2S/c25-20-8-5-4-7-18(20)16-31-14-12-26-23(29)17-10-11-19-21(15-17)27-22-9-3-1-2-6-13-28(22)24(19)30/h4-5,7-8,10-11,15H,1-3,6,9,12-14,16H2,(H,26,29). The van der Waals surface area contributed by atoms with Crippen LogP contribution in [0.5, 0.6) is 0 Å². The molecule has 31 heavy (non-hydrogen) atoms. The van der Waals surface area contributed by atoms with Crippen LogP contribution in [-0.2, 0) is 18.7 Å². The van der Waals surface area contributed by atoms with Crippen LogP contribution in [0.1, 0.15) is 47.4 Å². The van der Waals surface area contributed by atoms with Crippen molar-refractivity contribution in [1.29, 1.82) is 0 Å². The van der Waals surface area contributed by atoms with Crippen LogP contribution in [-0.4, -0.2) is 27.8 Å². The number of rotatable bonds is 6. The van der Waals surface area contributed by atoms with Crippen molar-refractivity contribution in [3.8, 4) is 0 Å². The number of nitrogens with one attached hydrogen (secondary N) is 1. The molecule has 1 aromatic heterocycles. The predicted octanol–water partition coefficient (Wildman–Crippen LogP) is 4.32. The number of benzene rings is 2.